The molecular weight excluding hydrogens is 528 g/mol. The van der Waals surface area contributed by atoms with E-state index in [2.05, 4.69) is 20.9 Å². The Hall–Kier alpha value is -4.18. The number of fused-ring (bicyclic) bond motifs is 3. The summed E-state index contributed by atoms with van der Waals surface area (Å²) in [6, 6.07) is 11.8. The lowest BCUT2D eigenvalue weighted by molar-refractivity contribution is -0.148. The number of hydrogen-bond donors (Lipinski definition) is 3. The van der Waals surface area contributed by atoms with Crippen molar-refractivity contribution in [2.45, 2.75) is 56.5 Å². The Bertz CT molecular complexity index is 1550. The summed E-state index contributed by atoms with van der Waals surface area (Å²) < 4.78 is 28.2. The maximum atomic E-state index is 14.1. The van der Waals surface area contributed by atoms with Gasteiger partial charge in [0.2, 0.25) is 17.7 Å². The number of hydrogen-bond acceptors (Lipinski definition) is 5. The number of carbonyl (C=O) groups excluding carboxylic acids is 3. The predicted molar refractivity (Wildman–Crippen MR) is 149 cm³/mol. The van der Waals surface area contributed by atoms with E-state index in [0.29, 0.717) is 37.2 Å². The number of aromatic nitrogens is 1. The van der Waals surface area contributed by atoms with Crippen molar-refractivity contribution >= 4 is 29.2 Å². The molecule has 3 amide bonds. The average Bonchev–Trinajstić information content (AvgIpc) is 3.46. The van der Waals surface area contributed by atoms with E-state index in [-0.39, 0.29) is 30.5 Å². The predicted octanol–water partition coefficient (Wildman–Crippen LogP) is 4.02. The van der Waals surface area contributed by atoms with E-state index in [9.17, 15) is 23.2 Å². The van der Waals surface area contributed by atoms with Gasteiger partial charge < -0.3 is 20.9 Å². The summed E-state index contributed by atoms with van der Waals surface area (Å²) in [5.41, 5.74) is 2.09. The average molecular weight is 560 g/mol. The molecule has 41 heavy (non-hydrogen) atoms. The van der Waals surface area contributed by atoms with Crippen molar-refractivity contribution in [3.63, 3.8) is 0 Å². The highest BCUT2D eigenvalue weighted by Crippen LogP contribution is 2.47. The maximum Gasteiger partial charge on any atom is 0.244 e. The SMILES string of the molecule is CCC1(CC)NC[C@@H](c2cc(F)cc(F)c2)N(CC(=O)Nc2ccc3c(c2)CC2(C3)C(=O)Nc3ncccc32)C1=O. The molecule has 3 N–H and O–H groups in total. The number of pyridine rings is 1. The molecule has 3 heterocycles. The third-order valence-electron chi connectivity index (χ3n) is 8.94. The number of piperazine rings is 1. The van der Waals surface area contributed by atoms with Gasteiger partial charge in [-0.1, -0.05) is 26.0 Å². The van der Waals surface area contributed by atoms with Gasteiger partial charge in [0, 0.05) is 30.1 Å². The van der Waals surface area contributed by atoms with Crippen LogP contribution in [-0.4, -0.2) is 46.2 Å². The number of carbonyl (C=O) groups is 3. The van der Waals surface area contributed by atoms with Gasteiger partial charge in [-0.05, 0) is 72.7 Å². The van der Waals surface area contributed by atoms with E-state index in [4.69, 9.17) is 0 Å². The molecule has 2 atom stereocenters. The van der Waals surface area contributed by atoms with Crippen LogP contribution in [0.1, 0.15) is 55.0 Å². The first kappa shape index (κ1) is 27.0. The molecule has 1 saturated heterocycles. The summed E-state index contributed by atoms with van der Waals surface area (Å²) in [4.78, 5) is 45.8. The lowest BCUT2D eigenvalue weighted by atomic mass is 9.79. The molecule has 8 nitrogen and oxygen atoms in total. The molecule has 1 fully saturated rings. The van der Waals surface area contributed by atoms with Crippen LogP contribution in [0.15, 0.2) is 54.7 Å². The Morgan fingerprint density at radius 2 is 1.78 bits per heavy atom. The van der Waals surface area contributed by atoms with Crippen molar-refractivity contribution < 1.29 is 23.2 Å². The number of rotatable bonds is 6. The van der Waals surface area contributed by atoms with Gasteiger partial charge in [-0.2, -0.15) is 0 Å². The lowest BCUT2D eigenvalue weighted by Gasteiger charge is -2.46. The van der Waals surface area contributed by atoms with Crippen LogP contribution >= 0.6 is 0 Å². The summed E-state index contributed by atoms with van der Waals surface area (Å²) in [7, 11) is 0. The zero-order chi connectivity index (χ0) is 28.9. The quantitative estimate of drug-likeness (QED) is 0.424. The minimum absolute atomic E-state index is 0.0830. The minimum atomic E-state index is -0.864. The summed E-state index contributed by atoms with van der Waals surface area (Å²) in [6.07, 6.45) is 3.68. The first-order valence-electron chi connectivity index (χ1n) is 13.9. The molecule has 2 aliphatic heterocycles. The summed E-state index contributed by atoms with van der Waals surface area (Å²) in [5.74, 6) is -1.70. The van der Waals surface area contributed by atoms with Crippen LogP contribution in [0.2, 0.25) is 0 Å². The monoisotopic (exact) mass is 559 g/mol. The van der Waals surface area contributed by atoms with Gasteiger partial charge >= 0.3 is 0 Å². The van der Waals surface area contributed by atoms with Crippen molar-refractivity contribution in [3.8, 4) is 0 Å². The van der Waals surface area contributed by atoms with Crippen molar-refractivity contribution in [2.24, 2.45) is 0 Å². The van der Waals surface area contributed by atoms with Crippen LogP contribution in [0.25, 0.3) is 0 Å². The summed E-state index contributed by atoms with van der Waals surface area (Å²) >= 11 is 0. The van der Waals surface area contributed by atoms with E-state index in [1.807, 2.05) is 38.1 Å². The fraction of sp³-hybridized carbons (Fsp3) is 0.355. The van der Waals surface area contributed by atoms with E-state index in [1.54, 1.807) is 12.3 Å². The zero-order valence-electron chi connectivity index (χ0n) is 22.9. The van der Waals surface area contributed by atoms with Gasteiger partial charge in [-0.25, -0.2) is 13.8 Å². The van der Waals surface area contributed by atoms with Crippen LogP contribution in [0.5, 0.6) is 0 Å². The largest absolute Gasteiger partial charge is 0.325 e. The molecule has 3 aliphatic rings. The van der Waals surface area contributed by atoms with Gasteiger partial charge in [0.05, 0.1) is 17.0 Å². The Morgan fingerprint density at radius 3 is 2.51 bits per heavy atom. The molecule has 10 heteroatoms. The Morgan fingerprint density at radius 1 is 1.05 bits per heavy atom. The number of benzene rings is 2. The first-order chi connectivity index (χ1) is 19.7. The maximum absolute atomic E-state index is 14.1. The van der Waals surface area contributed by atoms with Crippen LogP contribution in [-0.2, 0) is 32.6 Å². The molecule has 3 aromatic rings. The minimum Gasteiger partial charge on any atom is -0.325 e. The highest BCUT2D eigenvalue weighted by atomic mass is 19.1. The summed E-state index contributed by atoms with van der Waals surface area (Å²) in [5, 5.41) is 9.07. The normalized spacial score (nSPS) is 22.4. The highest BCUT2D eigenvalue weighted by molar-refractivity contribution is 6.06. The third kappa shape index (κ3) is 4.46. The molecule has 6 rings (SSSR count). The van der Waals surface area contributed by atoms with Crippen molar-refractivity contribution in [1.82, 2.24) is 15.2 Å². The molecule has 1 aromatic heterocycles. The second-order valence-corrected chi connectivity index (χ2v) is 11.1. The molecule has 1 spiro atoms. The Labute approximate surface area is 236 Å². The van der Waals surface area contributed by atoms with Gasteiger partial charge in [0.1, 0.15) is 24.0 Å². The Balaban J connectivity index is 1.23. The zero-order valence-corrected chi connectivity index (χ0v) is 22.9. The van der Waals surface area contributed by atoms with Gasteiger partial charge in [0.15, 0.2) is 0 Å². The standard InChI is InChI=1S/C31H31F2N5O3/c1-3-31(4-2)29(41)38(25(16-35-31)19-10-21(32)13-22(33)11-19)17-26(39)36-23-8-7-18-14-30(15-20(18)12-23)24-6-5-9-34-27(24)37-28(30)40/h5-13,25,35H,3-4,14-17H2,1-2H3,(H,36,39)(H,34,37,40)/t25-,30?/m0/s1. The number of nitrogens with zero attached hydrogens (tertiary/aromatic N) is 2. The fourth-order valence-electron chi connectivity index (χ4n) is 6.64. The molecule has 2 aromatic carbocycles. The topological polar surface area (TPSA) is 103 Å². The van der Waals surface area contributed by atoms with E-state index >= 15 is 0 Å². The number of anilines is 2. The van der Waals surface area contributed by atoms with Crippen LogP contribution < -0.4 is 16.0 Å². The van der Waals surface area contributed by atoms with Gasteiger partial charge in [-0.15, -0.1) is 0 Å². The van der Waals surface area contributed by atoms with E-state index in [0.717, 1.165) is 22.8 Å². The first-order valence-corrected chi connectivity index (χ1v) is 13.9. The van der Waals surface area contributed by atoms with Crippen LogP contribution in [0, 0.1) is 11.6 Å². The fourth-order valence-corrected chi connectivity index (χ4v) is 6.64. The van der Waals surface area contributed by atoms with E-state index < -0.39 is 34.5 Å². The second kappa shape index (κ2) is 10.0. The summed E-state index contributed by atoms with van der Waals surface area (Å²) in [6.45, 7) is 3.76. The highest BCUT2D eigenvalue weighted by Gasteiger charge is 2.51. The molecule has 212 valence electrons. The second-order valence-electron chi connectivity index (χ2n) is 11.1. The molecule has 1 aliphatic carbocycles. The molecule has 1 unspecified atom stereocenters. The van der Waals surface area contributed by atoms with Gasteiger partial charge in [0.25, 0.3) is 0 Å². The third-order valence-corrected chi connectivity index (χ3v) is 8.94. The Kier molecular flexibility index (Phi) is 6.60. The molecule has 0 radical (unpaired) electrons. The van der Waals surface area contributed by atoms with Crippen LogP contribution in [0.3, 0.4) is 0 Å². The number of halogens is 2. The molecule has 0 bridgehead atoms. The number of amides is 3. The van der Waals surface area contributed by atoms with Crippen LogP contribution in [0.4, 0.5) is 20.3 Å². The molecular formula is C31H31F2N5O3. The van der Waals surface area contributed by atoms with E-state index in [1.165, 1.54) is 17.0 Å². The number of nitrogens with one attached hydrogen (secondary N) is 3. The lowest BCUT2D eigenvalue weighted by Crippen LogP contribution is -2.65. The van der Waals surface area contributed by atoms with Gasteiger partial charge in [-0.3, -0.25) is 14.4 Å². The van der Waals surface area contributed by atoms with Crippen molar-refractivity contribution in [1.29, 1.82) is 0 Å². The van der Waals surface area contributed by atoms with Crippen molar-refractivity contribution in [3.05, 3.63) is 88.6 Å². The smallest absolute Gasteiger partial charge is 0.244 e. The molecule has 0 saturated carbocycles. The van der Waals surface area contributed by atoms with Crippen molar-refractivity contribution in [2.75, 3.05) is 23.7 Å².